The zero-order chi connectivity index (χ0) is 15.3. The van der Waals surface area contributed by atoms with Crippen LogP contribution >= 0.6 is 17.2 Å². The first kappa shape index (κ1) is 21.7. The Balaban J connectivity index is 0.000000425. The molecule has 2 aliphatic rings. The van der Waals surface area contributed by atoms with Gasteiger partial charge in [-0.25, -0.2) is 0 Å². The van der Waals surface area contributed by atoms with Gasteiger partial charge in [-0.15, -0.1) is 0 Å². The van der Waals surface area contributed by atoms with Crippen LogP contribution in [0.1, 0.15) is 41.0 Å². The Morgan fingerprint density at radius 3 is 1.76 bits per heavy atom. The minimum Gasteiger partial charge on any atom is -0.300 e. The second-order valence-electron chi connectivity index (χ2n) is 4.99. The Bertz CT molecular complexity index is 341. The average Bonchev–Trinajstić information content (AvgIpc) is 2.88. The maximum atomic E-state index is 11.5. The zero-order valence-electron chi connectivity index (χ0n) is 13.0. The third-order valence-corrected chi connectivity index (χ3v) is 5.60. The van der Waals surface area contributed by atoms with Gasteiger partial charge in [-0.2, -0.15) is 0 Å². The van der Waals surface area contributed by atoms with E-state index < -0.39 is 0 Å². The molecule has 112 valence electrons. The SMILES string of the molecule is C[C]1[CH][P][CH][C]1C.C[C]1[CH][P][C](C(=O)CC(C)=O)[C]1C.[Fe+2]. The topological polar surface area (TPSA) is 34.1 Å². The van der Waals surface area contributed by atoms with Gasteiger partial charge in [0.2, 0.25) is 0 Å². The van der Waals surface area contributed by atoms with Gasteiger partial charge < -0.3 is 0 Å². The first-order chi connectivity index (χ1) is 9.32. The summed E-state index contributed by atoms with van der Waals surface area (Å²) >= 11 is 0. The number of ketones is 2. The molecule has 0 atom stereocenters. The number of hydrogen-bond donors (Lipinski definition) is 0. The van der Waals surface area contributed by atoms with Crippen LogP contribution in [0.15, 0.2) is 0 Å². The molecule has 2 fully saturated rings. The van der Waals surface area contributed by atoms with Gasteiger partial charge in [-0.1, -0.05) is 44.9 Å². The Morgan fingerprint density at radius 2 is 1.48 bits per heavy atom. The summed E-state index contributed by atoms with van der Waals surface area (Å²) in [5.41, 5.74) is 0.785. The fraction of sp³-hybridized carbons (Fsp3) is 0.375. The van der Waals surface area contributed by atoms with E-state index in [0.717, 1.165) is 26.1 Å². The van der Waals surface area contributed by atoms with Crippen LogP contribution in [-0.4, -0.2) is 11.6 Å². The number of carbonyl (C=O) groups excluding carboxylic acids is 2. The molecule has 0 spiro atoms. The van der Waals surface area contributed by atoms with E-state index in [9.17, 15) is 9.59 Å². The number of Topliss-reactive ketones (excluding diaryl/α,β-unsaturated/α-hetero) is 2. The second kappa shape index (κ2) is 10.5. The fourth-order valence-corrected chi connectivity index (χ4v) is 3.64. The van der Waals surface area contributed by atoms with Gasteiger partial charge in [0.15, 0.2) is 5.78 Å². The molecule has 21 heavy (non-hydrogen) atoms. The van der Waals surface area contributed by atoms with Gasteiger partial charge in [0.25, 0.3) is 0 Å². The smallest absolute Gasteiger partial charge is 0.300 e. The third-order valence-electron chi connectivity index (χ3n) is 3.17. The Morgan fingerprint density at radius 1 is 0.952 bits per heavy atom. The molecular formula is C16H20FeO2P2+2. The molecule has 0 bridgehead atoms. The van der Waals surface area contributed by atoms with E-state index in [2.05, 4.69) is 26.2 Å². The maximum absolute atomic E-state index is 11.5. The fourth-order valence-electron chi connectivity index (χ4n) is 1.60. The molecule has 2 saturated heterocycles. The van der Waals surface area contributed by atoms with E-state index in [1.165, 1.54) is 27.3 Å². The molecule has 0 aromatic heterocycles. The predicted octanol–water partition coefficient (Wildman–Crippen LogP) is 4.83. The Hall–Kier alpha value is 0.719. The van der Waals surface area contributed by atoms with Crippen molar-refractivity contribution in [3.05, 3.63) is 47.8 Å². The number of carbonyl (C=O) groups is 2. The monoisotopic (exact) mass is 362 g/mol. The Kier molecular flexibility index (Phi) is 10.8. The van der Waals surface area contributed by atoms with Gasteiger partial charge in [-0.3, -0.25) is 9.59 Å². The van der Waals surface area contributed by atoms with Crippen molar-refractivity contribution in [1.29, 1.82) is 0 Å². The molecule has 2 rings (SSSR count). The van der Waals surface area contributed by atoms with Crippen LogP contribution < -0.4 is 0 Å². The Labute approximate surface area is 144 Å². The molecule has 2 aliphatic heterocycles. The average molecular weight is 362 g/mol. The first-order valence-electron chi connectivity index (χ1n) is 6.48. The largest absolute Gasteiger partial charge is 2.00 e. The minimum absolute atomic E-state index is 0. The van der Waals surface area contributed by atoms with E-state index >= 15 is 0 Å². The van der Waals surface area contributed by atoms with Crippen molar-refractivity contribution in [1.82, 2.24) is 0 Å². The molecule has 0 N–H and O–H groups in total. The van der Waals surface area contributed by atoms with Crippen LogP contribution in [0.4, 0.5) is 0 Å². The van der Waals surface area contributed by atoms with E-state index in [-0.39, 0.29) is 35.1 Å². The number of rotatable bonds is 3. The van der Waals surface area contributed by atoms with Gasteiger partial charge in [0.05, 0.1) is 12.1 Å². The van der Waals surface area contributed by atoms with Crippen LogP contribution in [0.25, 0.3) is 0 Å². The molecule has 0 aromatic rings. The van der Waals surface area contributed by atoms with Crippen molar-refractivity contribution in [2.45, 2.75) is 41.0 Å². The van der Waals surface area contributed by atoms with Gasteiger partial charge in [-0.05, 0) is 49.1 Å². The van der Waals surface area contributed by atoms with E-state index in [0.29, 0.717) is 0 Å². The summed E-state index contributed by atoms with van der Waals surface area (Å²) in [7, 11) is 2.30. The van der Waals surface area contributed by atoms with E-state index in [4.69, 9.17) is 0 Å². The van der Waals surface area contributed by atoms with E-state index in [1.807, 2.05) is 20.0 Å². The van der Waals surface area contributed by atoms with Crippen LogP contribution in [-0.2, 0) is 26.7 Å². The maximum Gasteiger partial charge on any atom is 2.00 e. The molecular weight excluding hydrogens is 342 g/mol. The van der Waals surface area contributed by atoms with Crippen LogP contribution in [0.2, 0.25) is 0 Å². The summed E-state index contributed by atoms with van der Waals surface area (Å²) in [6.07, 6.45) is 6.48. The summed E-state index contributed by atoms with van der Waals surface area (Å²) in [5.74, 6) is 4.95. The summed E-state index contributed by atoms with van der Waals surface area (Å²) < 4.78 is 0. The van der Waals surface area contributed by atoms with Crippen molar-refractivity contribution in [3.8, 4) is 0 Å². The van der Waals surface area contributed by atoms with Crippen molar-refractivity contribution < 1.29 is 26.7 Å². The van der Waals surface area contributed by atoms with Crippen LogP contribution in [0, 0.1) is 47.8 Å². The first-order valence-corrected chi connectivity index (χ1v) is 8.48. The standard InChI is InChI=1S/C10H12O2P.C6H8P.Fe/c1-6-5-13-10(8(6)3)9(12)4-7(2)11;1-5-3-7-4-6(5)2;/h5H,4H2,1-3H3;3-4H,1-2H3;/q;;+2. The van der Waals surface area contributed by atoms with Gasteiger partial charge >= 0.3 is 17.1 Å². The third kappa shape index (κ3) is 7.22. The molecule has 10 radical (unpaired) electrons. The van der Waals surface area contributed by atoms with Crippen LogP contribution in [0.3, 0.4) is 0 Å². The molecule has 0 unspecified atom stereocenters. The van der Waals surface area contributed by atoms with Gasteiger partial charge in [0, 0.05) is 0 Å². The molecule has 0 amide bonds. The zero-order valence-corrected chi connectivity index (χ0v) is 15.9. The molecule has 2 heterocycles. The molecule has 0 aliphatic carbocycles. The van der Waals surface area contributed by atoms with Crippen molar-refractivity contribution in [2.24, 2.45) is 0 Å². The summed E-state index contributed by atoms with van der Waals surface area (Å²) in [4.78, 5) is 22.2. The second-order valence-corrected chi connectivity index (χ2v) is 6.77. The molecule has 0 saturated carbocycles. The quantitative estimate of drug-likeness (QED) is 0.409. The molecule has 2 nitrogen and oxygen atoms in total. The van der Waals surface area contributed by atoms with Crippen molar-refractivity contribution in [3.63, 3.8) is 0 Å². The van der Waals surface area contributed by atoms with Crippen molar-refractivity contribution in [2.75, 3.05) is 0 Å². The molecule has 5 heteroatoms. The van der Waals surface area contributed by atoms with Crippen molar-refractivity contribution >= 4 is 28.7 Å². The number of hydrogen-bond acceptors (Lipinski definition) is 2. The van der Waals surface area contributed by atoms with Crippen LogP contribution in [0.5, 0.6) is 0 Å². The van der Waals surface area contributed by atoms with Gasteiger partial charge in [0.1, 0.15) is 5.78 Å². The normalized spacial score (nSPS) is 22.9. The minimum atomic E-state index is -0.0648. The summed E-state index contributed by atoms with van der Waals surface area (Å²) in [5, 5.41) is 0. The predicted molar refractivity (Wildman–Crippen MR) is 86.0 cm³/mol. The summed E-state index contributed by atoms with van der Waals surface area (Å²) in [6, 6.07) is 0. The molecule has 0 aromatic carbocycles. The summed E-state index contributed by atoms with van der Waals surface area (Å²) in [6.45, 7) is 9.65. The van der Waals surface area contributed by atoms with E-state index in [1.54, 1.807) is 0 Å².